The van der Waals surface area contributed by atoms with Crippen LogP contribution in [-0.4, -0.2) is 15.3 Å². The van der Waals surface area contributed by atoms with Crippen molar-refractivity contribution in [2.45, 2.75) is 6.54 Å². The van der Waals surface area contributed by atoms with Crippen LogP contribution < -0.4 is 0 Å². The molecule has 0 saturated carbocycles. The highest BCUT2D eigenvalue weighted by Gasteiger charge is 2.23. The minimum Gasteiger partial charge on any atom is -0.340 e. The molecular formula is C14H10N2O3. The minimum absolute atomic E-state index is 0.0171. The average Bonchev–Trinajstić information content (AvgIpc) is 2.95. The largest absolute Gasteiger partial charge is 0.340 e. The average molecular weight is 254 g/mol. The lowest BCUT2D eigenvalue weighted by Crippen LogP contribution is -1.95. The Morgan fingerprint density at radius 1 is 1.26 bits per heavy atom. The molecule has 1 aromatic carbocycles. The second kappa shape index (κ2) is 4.20. The molecule has 5 heteroatoms. The molecule has 0 spiro atoms. The van der Waals surface area contributed by atoms with Gasteiger partial charge in [-0.15, -0.1) is 0 Å². The van der Waals surface area contributed by atoms with E-state index in [4.69, 9.17) is 0 Å². The highest BCUT2D eigenvalue weighted by Crippen LogP contribution is 2.23. The van der Waals surface area contributed by atoms with E-state index in [1.165, 1.54) is 12.1 Å². The number of nitrogens with zero attached hydrogens (tertiary/aromatic N) is 2. The van der Waals surface area contributed by atoms with Crippen LogP contribution in [0.4, 0.5) is 5.69 Å². The van der Waals surface area contributed by atoms with Crippen LogP contribution in [0.1, 0.15) is 16.1 Å². The molecule has 94 valence electrons. The molecule has 1 aliphatic heterocycles. The molecule has 0 aliphatic carbocycles. The molecule has 1 aromatic heterocycles. The van der Waals surface area contributed by atoms with Gasteiger partial charge in [0, 0.05) is 23.9 Å². The molecule has 0 atom stereocenters. The number of non-ortho nitro benzene ring substituents is 1. The maximum atomic E-state index is 12.1. The van der Waals surface area contributed by atoms with Crippen LogP contribution in [0, 0.1) is 10.1 Å². The zero-order chi connectivity index (χ0) is 13.4. The summed E-state index contributed by atoms with van der Waals surface area (Å²) in [6.45, 7) is 0.518. The summed E-state index contributed by atoms with van der Waals surface area (Å²) < 4.78 is 1.87. The molecule has 0 N–H and O–H groups in total. The number of nitro benzene ring substituents is 1. The Kier molecular flexibility index (Phi) is 2.52. The van der Waals surface area contributed by atoms with E-state index in [1.807, 2.05) is 16.8 Å². The van der Waals surface area contributed by atoms with E-state index in [-0.39, 0.29) is 11.5 Å². The van der Waals surface area contributed by atoms with Crippen LogP contribution in [0.2, 0.25) is 0 Å². The van der Waals surface area contributed by atoms with E-state index in [9.17, 15) is 14.9 Å². The first-order valence-electron chi connectivity index (χ1n) is 5.80. The van der Waals surface area contributed by atoms with Gasteiger partial charge in [-0.3, -0.25) is 14.9 Å². The topological polar surface area (TPSA) is 65.1 Å². The van der Waals surface area contributed by atoms with E-state index in [0.29, 0.717) is 23.4 Å². The predicted octanol–water partition coefficient (Wildman–Crippen LogP) is 2.68. The van der Waals surface area contributed by atoms with E-state index in [2.05, 4.69) is 0 Å². The van der Waals surface area contributed by atoms with Crippen molar-refractivity contribution in [1.29, 1.82) is 0 Å². The first-order valence-corrected chi connectivity index (χ1v) is 5.80. The van der Waals surface area contributed by atoms with Crippen LogP contribution in [0.5, 0.6) is 0 Å². The Bertz CT molecular complexity index is 713. The third kappa shape index (κ3) is 1.95. The summed E-state index contributed by atoms with van der Waals surface area (Å²) in [5.74, 6) is -0.0171. The molecule has 2 heterocycles. The zero-order valence-corrected chi connectivity index (χ0v) is 9.95. The second-order valence-electron chi connectivity index (χ2n) is 4.37. The van der Waals surface area contributed by atoms with E-state index < -0.39 is 4.92 Å². The van der Waals surface area contributed by atoms with Gasteiger partial charge in [0.25, 0.3) is 5.69 Å². The van der Waals surface area contributed by atoms with E-state index >= 15 is 0 Å². The number of rotatable bonds is 2. The van der Waals surface area contributed by atoms with Crippen molar-refractivity contribution >= 4 is 17.5 Å². The van der Waals surface area contributed by atoms with Crippen molar-refractivity contribution in [3.63, 3.8) is 0 Å². The Labute approximate surface area is 108 Å². The quantitative estimate of drug-likeness (QED) is 0.470. The van der Waals surface area contributed by atoms with Crippen LogP contribution in [-0.2, 0) is 6.54 Å². The third-order valence-electron chi connectivity index (χ3n) is 3.12. The van der Waals surface area contributed by atoms with Gasteiger partial charge in [0.2, 0.25) is 5.78 Å². The second-order valence-corrected chi connectivity index (χ2v) is 4.37. The SMILES string of the molecule is O=C1C(=Cc2cccc([N+](=O)[O-])c2)Cn2cccc21. The number of ketones is 1. The summed E-state index contributed by atoms with van der Waals surface area (Å²) in [7, 11) is 0. The van der Waals surface area contributed by atoms with Crippen molar-refractivity contribution in [3.8, 4) is 0 Å². The summed E-state index contributed by atoms with van der Waals surface area (Å²) in [5, 5.41) is 10.7. The molecule has 0 bridgehead atoms. The Balaban J connectivity index is 1.95. The number of hydrogen-bond donors (Lipinski definition) is 0. The lowest BCUT2D eigenvalue weighted by atomic mass is 10.1. The normalized spacial score (nSPS) is 15.8. The molecule has 3 rings (SSSR count). The van der Waals surface area contributed by atoms with Crippen LogP contribution in [0.15, 0.2) is 48.2 Å². The van der Waals surface area contributed by atoms with Crippen molar-refractivity contribution in [2.24, 2.45) is 0 Å². The van der Waals surface area contributed by atoms with Gasteiger partial charge in [0.05, 0.1) is 17.2 Å². The summed E-state index contributed by atoms with van der Waals surface area (Å²) >= 11 is 0. The number of hydrogen-bond acceptors (Lipinski definition) is 3. The molecular weight excluding hydrogens is 244 g/mol. The molecule has 19 heavy (non-hydrogen) atoms. The Hall–Kier alpha value is -2.69. The van der Waals surface area contributed by atoms with Crippen LogP contribution in [0.25, 0.3) is 6.08 Å². The number of allylic oxidation sites excluding steroid dienone is 1. The fraction of sp³-hybridized carbons (Fsp3) is 0.0714. The number of Topliss-reactive ketones (excluding diaryl/α,β-unsaturated/α-hetero) is 1. The number of carbonyl (C=O) groups excluding carboxylic acids is 1. The van der Waals surface area contributed by atoms with Gasteiger partial charge in [0.1, 0.15) is 0 Å². The summed E-state index contributed by atoms with van der Waals surface area (Å²) in [5.41, 5.74) is 2.01. The van der Waals surface area contributed by atoms with E-state index in [0.717, 1.165) is 0 Å². The fourth-order valence-corrected chi connectivity index (χ4v) is 2.22. The van der Waals surface area contributed by atoms with Crippen molar-refractivity contribution in [1.82, 2.24) is 4.57 Å². The molecule has 0 saturated heterocycles. The molecule has 2 aromatic rings. The van der Waals surface area contributed by atoms with Gasteiger partial charge in [-0.25, -0.2) is 0 Å². The standard InChI is InChI=1S/C14H10N2O3/c17-14-11(9-15-6-2-5-13(14)15)7-10-3-1-4-12(8-10)16(18)19/h1-8H,9H2. The minimum atomic E-state index is -0.442. The zero-order valence-electron chi connectivity index (χ0n) is 9.95. The number of nitro groups is 1. The first-order chi connectivity index (χ1) is 9.15. The third-order valence-corrected chi connectivity index (χ3v) is 3.12. The Morgan fingerprint density at radius 2 is 2.11 bits per heavy atom. The highest BCUT2D eigenvalue weighted by atomic mass is 16.6. The van der Waals surface area contributed by atoms with Gasteiger partial charge >= 0.3 is 0 Å². The number of carbonyl (C=O) groups is 1. The molecule has 0 amide bonds. The van der Waals surface area contributed by atoms with Gasteiger partial charge in [-0.1, -0.05) is 12.1 Å². The molecule has 0 unspecified atom stereocenters. The Morgan fingerprint density at radius 3 is 2.84 bits per heavy atom. The van der Waals surface area contributed by atoms with Gasteiger partial charge in [-0.05, 0) is 23.8 Å². The number of aromatic nitrogens is 1. The van der Waals surface area contributed by atoms with Crippen LogP contribution >= 0.6 is 0 Å². The van der Waals surface area contributed by atoms with Crippen molar-refractivity contribution in [3.05, 3.63) is 69.5 Å². The van der Waals surface area contributed by atoms with Gasteiger partial charge < -0.3 is 4.57 Å². The van der Waals surface area contributed by atoms with E-state index in [1.54, 1.807) is 24.3 Å². The summed E-state index contributed by atoms with van der Waals surface area (Å²) in [4.78, 5) is 22.3. The molecule has 0 radical (unpaired) electrons. The fourth-order valence-electron chi connectivity index (χ4n) is 2.22. The number of benzene rings is 1. The maximum Gasteiger partial charge on any atom is 0.270 e. The van der Waals surface area contributed by atoms with Gasteiger partial charge in [-0.2, -0.15) is 0 Å². The number of fused-ring (bicyclic) bond motifs is 1. The first kappa shape index (κ1) is 11.4. The lowest BCUT2D eigenvalue weighted by Gasteiger charge is -1.97. The molecule has 5 nitrogen and oxygen atoms in total. The summed E-state index contributed by atoms with van der Waals surface area (Å²) in [6.07, 6.45) is 3.56. The summed E-state index contributed by atoms with van der Waals surface area (Å²) in [6, 6.07) is 9.87. The molecule has 1 aliphatic rings. The van der Waals surface area contributed by atoms with Crippen molar-refractivity contribution in [2.75, 3.05) is 0 Å². The monoisotopic (exact) mass is 254 g/mol. The van der Waals surface area contributed by atoms with Gasteiger partial charge in [0.15, 0.2) is 0 Å². The smallest absolute Gasteiger partial charge is 0.270 e. The van der Waals surface area contributed by atoms with Crippen LogP contribution in [0.3, 0.4) is 0 Å². The predicted molar refractivity (Wildman–Crippen MR) is 69.8 cm³/mol. The maximum absolute atomic E-state index is 12.1. The molecule has 0 fully saturated rings. The van der Waals surface area contributed by atoms with Crippen molar-refractivity contribution < 1.29 is 9.72 Å². The highest BCUT2D eigenvalue weighted by molar-refractivity contribution is 6.12. The lowest BCUT2D eigenvalue weighted by molar-refractivity contribution is -0.384.